The smallest absolute Gasteiger partial charge is 0.255 e. The van der Waals surface area contributed by atoms with E-state index in [2.05, 4.69) is 27.9 Å². The number of nitrogens with one attached hydrogen (secondary N) is 1. The number of rotatable bonds is 4. The van der Waals surface area contributed by atoms with E-state index in [0.717, 1.165) is 20.8 Å². The highest BCUT2D eigenvalue weighted by molar-refractivity contribution is 14.1. The molecule has 3 rings (SSSR count). The molecule has 0 heterocycles. The molecule has 0 fully saturated rings. The Kier molecular flexibility index (Phi) is 4.92. The van der Waals surface area contributed by atoms with Gasteiger partial charge in [0.15, 0.2) is 0 Å². The molecule has 0 aliphatic carbocycles. The van der Waals surface area contributed by atoms with E-state index in [1.165, 1.54) is 0 Å². The number of para-hydroxylation sites is 2. The van der Waals surface area contributed by atoms with Gasteiger partial charge in [-0.3, -0.25) is 4.79 Å². The van der Waals surface area contributed by atoms with Crippen LogP contribution >= 0.6 is 22.6 Å². The summed E-state index contributed by atoms with van der Waals surface area (Å²) in [6.07, 6.45) is 0. The van der Waals surface area contributed by atoms with E-state index in [0.29, 0.717) is 5.56 Å². The number of anilines is 1. The highest BCUT2D eigenvalue weighted by atomic mass is 127. The van der Waals surface area contributed by atoms with E-state index in [1.807, 2.05) is 72.8 Å². The van der Waals surface area contributed by atoms with E-state index in [4.69, 9.17) is 4.74 Å². The van der Waals surface area contributed by atoms with Gasteiger partial charge in [-0.15, -0.1) is 0 Å². The zero-order valence-corrected chi connectivity index (χ0v) is 14.4. The minimum atomic E-state index is -0.139. The van der Waals surface area contributed by atoms with E-state index in [1.54, 1.807) is 6.07 Å². The average molecular weight is 415 g/mol. The molecule has 114 valence electrons. The van der Waals surface area contributed by atoms with Crippen molar-refractivity contribution >= 4 is 34.2 Å². The molecule has 0 aliphatic heterocycles. The molecule has 0 unspecified atom stereocenters. The fourth-order valence-corrected chi connectivity index (χ4v) is 2.69. The van der Waals surface area contributed by atoms with Crippen molar-refractivity contribution in [3.8, 4) is 11.5 Å². The van der Waals surface area contributed by atoms with Gasteiger partial charge in [0.05, 0.1) is 3.57 Å². The fourth-order valence-electron chi connectivity index (χ4n) is 2.07. The lowest BCUT2D eigenvalue weighted by molar-refractivity contribution is 0.102. The van der Waals surface area contributed by atoms with Crippen LogP contribution in [0, 0.1) is 3.57 Å². The Bertz CT molecular complexity index is 804. The van der Waals surface area contributed by atoms with Crippen LogP contribution in [-0.2, 0) is 0 Å². The molecule has 0 saturated carbocycles. The van der Waals surface area contributed by atoms with Crippen molar-refractivity contribution in [2.75, 3.05) is 5.32 Å². The zero-order valence-electron chi connectivity index (χ0n) is 12.2. The van der Waals surface area contributed by atoms with Gasteiger partial charge in [-0.25, -0.2) is 0 Å². The monoisotopic (exact) mass is 415 g/mol. The Labute approximate surface area is 148 Å². The third kappa shape index (κ3) is 4.10. The number of hydrogen-bond acceptors (Lipinski definition) is 2. The maximum absolute atomic E-state index is 12.3. The number of halogens is 1. The van der Waals surface area contributed by atoms with Gasteiger partial charge in [0.1, 0.15) is 11.5 Å². The van der Waals surface area contributed by atoms with Gasteiger partial charge in [-0.2, -0.15) is 0 Å². The van der Waals surface area contributed by atoms with Gasteiger partial charge < -0.3 is 10.1 Å². The van der Waals surface area contributed by atoms with Crippen LogP contribution in [0.2, 0.25) is 0 Å². The summed E-state index contributed by atoms with van der Waals surface area (Å²) < 4.78 is 6.70. The van der Waals surface area contributed by atoms with Gasteiger partial charge in [0, 0.05) is 11.3 Å². The van der Waals surface area contributed by atoms with E-state index in [9.17, 15) is 4.79 Å². The molecule has 0 atom stereocenters. The largest absolute Gasteiger partial charge is 0.456 e. The van der Waals surface area contributed by atoms with Gasteiger partial charge in [-0.1, -0.05) is 36.4 Å². The molecule has 23 heavy (non-hydrogen) atoms. The molecule has 3 aromatic rings. The lowest BCUT2D eigenvalue weighted by Gasteiger charge is -2.10. The number of benzene rings is 3. The van der Waals surface area contributed by atoms with Crippen molar-refractivity contribution in [3.63, 3.8) is 0 Å². The molecular formula is C19H14INO2. The second-order valence-corrected chi connectivity index (χ2v) is 6.04. The minimum Gasteiger partial charge on any atom is -0.456 e. The van der Waals surface area contributed by atoms with Crippen molar-refractivity contribution in [1.29, 1.82) is 0 Å². The van der Waals surface area contributed by atoms with Crippen molar-refractivity contribution in [3.05, 3.63) is 88.0 Å². The van der Waals surface area contributed by atoms with Crippen molar-refractivity contribution in [2.24, 2.45) is 0 Å². The highest BCUT2D eigenvalue weighted by Crippen LogP contribution is 2.27. The van der Waals surface area contributed by atoms with E-state index in [-0.39, 0.29) is 5.91 Å². The summed E-state index contributed by atoms with van der Waals surface area (Å²) in [5.41, 5.74) is 1.37. The first-order valence-electron chi connectivity index (χ1n) is 7.11. The maximum atomic E-state index is 12.3. The van der Waals surface area contributed by atoms with Gasteiger partial charge in [0.25, 0.3) is 5.91 Å². The summed E-state index contributed by atoms with van der Waals surface area (Å²) >= 11 is 2.17. The third-order valence-corrected chi connectivity index (χ3v) is 4.04. The standard InChI is InChI=1S/C19H14INO2/c20-17-13-14(19(22)21-15-7-3-1-4-8-15)11-12-18(17)23-16-9-5-2-6-10-16/h1-13H,(H,21,22). The molecule has 0 radical (unpaired) electrons. The molecule has 0 saturated heterocycles. The Balaban J connectivity index is 1.75. The zero-order chi connectivity index (χ0) is 16.1. The van der Waals surface area contributed by atoms with Crippen molar-refractivity contribution in [1.82, 2.24) is 0 Å². The quantitative estimate of drug-likeness (QED) is 0.585. The Morgan fingerprint density at radius 2 is 1.52 bits per heavy atom. The summed E-state index contributed by atoms with van der Waals surface area (Å²) in [4.78, 5) is 12.3. The highest BCUT2D eigenvalue weighted by Gasteiger charge is 2.10. The van der Waals surface area contributed by atoms with Gasteiger partial charge in [0.2, 0.25) is 0 Å². The topological polar surface area (TPSA) is 38.3 Å². The number of carbonyl (C=O) groups excluding carboxylic acids is 1. The number of hydrogen-bond donors (Lipinski definition) is 1. The van der Waals surface area contributed by atoms with Crippen molar-refractivity contribution in [2.45, 2.75) is 0 Å². The third-order valence-electron chi connectivity index (χ3n) is 3.20. The van der Waals surface area contributed by atoms with Crippen LogP contribution in [0.25, 0.3) is 0 Å². The Morgan fingerprint density at radius 1 is 0.870 bits per heavy atom. The number of amides is 1. The van der Waals surface area contributed by atoms with Crippen LogP contribution in [0.5, 0.6) is 11.5 Å². The average Bonchev–Trinajstić information content (AvgIpc) is 2.58. The van der Waals surface area contributed by atoms with E-state index >= 15 is 0 Å². The number of carbonyl (C=O) groups is 1. The molecule has 0 aromatic heterocycles. The first-order chi connectivity index (χ1) is 11.2. The summed E-state index contributed by atoms with van der Waals surface area (Å²) in [5.74, 6) is 1.36. The predicted molar refractivity (Wildman–Crippen MR) is 100 cm³/mol. The summed E-state index contributed by atoms with van der Waals surface area (Å²) in [6.45, 7) is 0. The maximum Gasteiger partial charge on any atom is 0.255 e. The predicted octanol–water partition coefficient (Wildman–Crippen LogP) is 5.34. The SMILES string of the molecule is O=C(Nc1ccccc1)c1ccc(Oc2ccccc2)c(I)c1. The second kappa shape index (κ2) is 7.28. The van der Waals surface area contributed by atoms with E-state index < -0.39 is 0 Å². The Hall–Kier alpha value is -2.34. The van der Waals surface area contributed by atoms with Crippen LogP contribution in [0.3, 0.4) is 0 Å². The lowest BCUT2D eigenvalue weighted by atomic mass is 10.2. The molecule has 0 bridgehead atoms. The molecule has 3 nitrogen and oxygen atoms in total. The fraction of sp³-hybridized carbons (Fsp3) is 0. The molecule has 0 aliphatic rings. The molecule has 0 spiro atoms. The van der Waals surface area contributed by atoms with Crippen LogP contribution in [0.4, 0.5) is 5.69 Å². The first-order valence-corrected chi connectivity index (χ1v) is 8.19. The summed E-state index contributed by atoms with van der Waals surface area (Å²) in [5, 5.41) is 2.87. The van der Waals surface area contributed by atoms with Crippen LogP contribution in [-0.4, -0.2) is 5.91 Å². The second-order valence-electron chi connectivity index (χ2n) is 4.88. The first kappa shape index (κ1) is 15.6. The molecule has 1 amide bonds. The number of ether oxygens (including phenoxy) is 1. The molecule has 3 aromatic carbocycles. The van der Waals surface area contributed by atoms with Crippen LogP contribution in [0.15, 0.2) is 78.9 Å². The summed E-state index contributed by atoms with van der Waals surface area (Å²) in [7, 11) is 0. The lowest BCUT2D eigenvalue weighted by Crippen LogP contribution is -2.11. The Morgan fingerprint density at radius 3 is 2.17 bits per heavy atom. The van der Waals surface area contributed by atoms with Crippen LogP contribution < -0.4 is 10.1 Å². The minimum absolute atomic E-state index is 0.139. The molecular weight excluding hydrogens is 401 g/mol. The normalized spacial score (nSPS) is 10.1. The van der Waals surface area contributed by atoms with Crippen LogP contribution in [0.1, 0.15) is 10.4 Å². The molecule has 4 heteroatoms. The summed E-state index contributed by atoms with van der Waals surface area (Å²) in [6, 6.07) is 24.4. The van der Waals surface area contributed by atoms with Crippen molar-refractivity contribution < 1.29 is 9.53 Å². The molecule has 1 N–H and O–H groups in total. The van der Waals surface area contributed by atoms with Gasteiger partial charge >= 0.3 is 0 Å². The van der Waals surface area contributed by atoms with Gasteiger partial charge in [-0.05, 0) is 65.1 Å².